The number of benzene rings is 4. The van der Waals surface area contributed by atoms with Crippen molar-refractivity contribution >= 4 is 11.9 Å². The van der Waals surface area contributed by atoms with Crippen LogP contribution in [0.3, 0.4) is 0 Å². The van der Waals surface area contributed by atoms with Gasteiger partial charge in [-0.25, -0.2) is 4.79 Å². The van der Waals surface area contributed by atoms with Gasteiger partial charge in [0.15, 0.2) is 17.0 Å². The molecule has 2 aliphatic heterocycles. The zero-order chi connectivity index (χ0) is 27.0. The van der Waals surface area contributed by atoms with Crippen LogP contribution in [0.2, 0.25) is 0 Å². The summed E-state index contributed by atoms with van der Waals surface area (Å²) < 4.78 is 22.6. The van der Waals surface area contributed by atoms with E-state index in [9.17, 15) is 9.59 Å². The van der Waals surface area contributed by atoms with Crippen molar-refractivity contribution in [2.45, 2.75) is 24.8 Å². The molecular formula is C32H27NO6. The van der Waals surface area contributed by atoms with Gasteiger partial charge in [0.05, 0.1) is 7.11 Å². The summed E-state index contributed by atoms with van der Waals surface area (Å²) in [5.74, 6) is 0.588. The third kappa shape index (κ3) is 4.46. The third-order valence-electron chi connectivity index (χ3n) is 7.30. The lowest BCUT2D eigenvalue weighted by atomic mass is 9.69. The number of aryl methyl sites for hydroxylation is 1. The molecule has 2 atom stereocenters. The van der Waals surface area contributed by atoms with Crippen LogP contribution in [0.1, 0.15) is 38.5 Å². The van der Waals surface area contributed by atoms with Crippen LogP contribution in [-0.2, 0) is 11.2 Å². The topological polar surface area (TPSA) is 83.1 Å². The maximum absolute atomic E-state index is 14.2. The molecule has 6 rings (SSSR count). The number of fused-ring (bicyclic) bond motifs is 2. The van der Waals surface area contributed by atoms with Gasteiger partial charge in [0.2, 0.25) is 6.79 Å². The molecule has 0 unspecified atom stereocenters. The molecule has 2 aliphatic rings. The van der Waals surface area contributed by atoms with E-state index in [2.05, 4.69) is 5.32 Å². The van der Waals surface area contributed by atoms with Gasteiger partial charge < -0.3 is 24.3 Å². The Balaban J connectivity index is 1.55. The molecule has 0 saturated carbocycles. The summed E-state index contributed by atoms with van der Waals surface area (Å²) >= 11 is 0. The summed E-state index contributed by atoms with van der Waals surface area (Å²) in [6, 6.07) is 27.9. The molecule has 7 nitrogen and oxygen atoms in total. The number of rotatable bonds is 6. The van der Waals surface area contributed by atoms with E-state index in [0.717, 1.165) is 16.7 Å². The van der Waals surface area contributed by atoms with Crippen LogP contribution in [0.25, 0.3) is 0 Å². The van der Waals surface area contributed by atoms with E-state index in [-0.39, 0.29) is 19.1 Å². The standard InChI is InChI=1S/C32H27NO6/c1-20-8-10-23(11-9-20)30(34)33-32(18-21-6-4-3-5-7-21)29(22-12-14-24(36-2)15-13-22)25-16-27-28(38-19-37-27)17-26(25)39-31(32)35/h3-17,29H,18-19H2,1-2H3,(H,33,34)/t29-,32-/m1/s1. The molecule has 1 amide bonds. The number of nitrogens with one attached hydrogen (secondary N) is 1. The maximum Gasteiger partial charge on any atom is 0.338 e. The van der Waals surface area contributed by atoms with Crippen LogP contribution < -0.4 is 24.3 Å². The van der Waals surface area contributed by atoms with E-state index in [1.54, 1.807) is 25.3 Å². The van der Waals surface area contributed by atoms with Crippen molar-refractivity contribution in [1.82, 2.24) is 5.32 Å². The van der Waals surface area contributed by atoms with Crippen molar-refractivity contribution in [3.63, 3.8) is 0 Å². The van der Waals surface area contributed by atoms with Gasteiger partial charge in [0, 0.05) is 29.5 Å². The van der Waals surface area contributed by atoms with E-state index in [0.29, 0.717) is 34.1 Å². The highest BCUT2D eigenvalue weighted by molar-refractivity contribution is 6.00. The highest BCUT2D eigenvalue weighted by atomic mass is 16.7. The minimum atomic E-state index is -1.47. The zero-order valence-corrected chi connectivity index (χ0v) is 21.6. The summed E-state index contributed by atoms with van der Waals surface area (Å²) in [4.78, 5) is 27.9. The van der Waals surface area contributed by atoms with Crippen LogP contribution in [-0.4, -0.2) is 31.3 Å². The van der Waals surface area contributed by atoms with Crippen LogP contribution in [0.5, 0.6) is 23.0 Å². The van der Waals surface area contributed by atoms with Crippen molar-refractivity contribution in [3.05, 3.63) is 119 Å². The first kappa shape index (κ1) is 24.6. The molecular weight excluding hydrogens is 494 g/mol. The Morgan fingerprint density at radius 1 is 0.923 bits per heavy atom. The Bertz CT molecular complexity index is 1530. The largest absolute Gasteiger partial charge is 0.497 e. The van der Waals surface area contributed by atoms with Gasteiger partial charge in [-0.15, -0.1) is 0 Å². The van der Waals surface area contributed by atoms with Crippen LogP contribution in [0.4, 0.5) is 0 Å². The van der Waals surface area contributed by atoms with Crippen LogP contribution >= 0.6 is 0 Å². The highest BCUT2D eigenvalue weighted by Gasteiger charge is 2.54. The SMILES string of the molecule is COc1ccc([C@@H]2c3cc4c(cc3OC(=O)[C@]2(Cc2ccccc2)NC(=O)c2ccc(C)cc2)OCO4)cc1. The average Bonchev–Trinajstić information content (AvgIpc) is 3.41. The first-order valence-corrected chi connectivity index (χ1v) is 12.7. The lowest BCUT2D eigenvalue weighted by molar-refractivity contribution is -0.144. The van der Waals surface area contributed by atoms with Gasteiger partial charge in [-0.3, -0.25) is 4.79 Å². The molecule has 4 aromatic carbocycles. The van der Waals surface area contributed by atoms with Crippen LogP contribution in [0.15, 0.2) is 91.0 Å². The molecule has 0 fully saturated rings. The number of carbonyl (C=O) groups excluding carboxylic acids is 2. The Labute approximate surface area is 226 Å². The summed E-state index contributed by atoms with van der Waals surface area (Å²) in [6.07, 6.45) is 0.203. The Morgan fingerprint density at radius 2 is 1.62 bits per heavy atom. The molecule has 0 saturated heterocycles. The second kappa shape index (κ2) is 9.83. The number of ether oxygens (including phenoxy) is 4. The Kier molecular flexibility index (Phi) is 6.19. The summed E-state index contributed by atoms with van der Waals surface area (Å²) in [7, 11) is 1.60. The monoisotopic (exact) mass is 521 g/mol. The second-order valence-corrected chi connectivity index (χ2v) is 9.79. The van der Waals surface area contributed by atoms with Crippen molar-refractivity contribution in [2.24, 2.45) is 0 Å². The first-order chi connectivity index (χ1) is 19.0. The summed E-state index contributed by atoms with van der Waals surface area (Å²) in [5, 5.41) is 3.14. The molecule has 2 heterocycles. The summed E-state index contributed by atoms with van der Waals surface area (Å²) in [5.41, 5.74) is 2.41. The molecule has 0 spiro atoms. The van der Waals surface area contributed by atoms with Gasteiger partial charge in [-0.05, 0) is 48.4 Å². The Morgan fingerprint density at radius 3 is 2.31 bits per heavy atom. The molecule has 196 valence electrons. The fourth-order valence-electron chi connectivity index (χ4n) is 5.33. The first-order valence-electron chi connectivity index (χ1n) is 12.7. The number of methoxy groups -OCH3 is 1. The molecule has 39 heavy (non-hydrogen) atoms. The minimum absolute atomic E-state index is 0.0820. The molecule has 0 aliphatic carbocycles. The van der Waals surface area contributed by atoms with Gasteiger partial charge in [-0.1, -0.05) is 60.2 Å². The number of hydrogen-bond donors (Lipinski definition) is 1. The van der Waals surface area contributed by atoms with Crippen molar-refractivity contribution in [1.29, 1.82) is 0 Å². The number of esters is 1. The molecule has 1 N–H and O–H groups in total. The van der Waals surface area contributed by atoms with Crippen molar-refractivity contribution in [2.75, 3.05) is 13.9 Å². The highest BCUT2D eigenvalue weighted by Crippen LogP contribution is 2.50. The summed E-state index contributed by atoms with van der Waals surface area (Å²) in [6.45, 7) is 2.04. The molecule has 7 heteroatoms. The average molecular weight is 522 g/mol. The van der Waals surface area contributed by atoms with E-state index < -0.39 is 17.4 Å². The maximum atomic E-state index is 14.2. The van der Waals surface area contributed by atoms with E-state index in [1.165, 1.54) is 0 Å². The van der Waals surface area contributed by atoms with E-state index >= 15 is 0 Å². The second-order valence-electron chi connectivity index (χ2n) is 9.79. The third-order valence-corrected chi connectivity index (χ3v) is 7.30. The fraction of sp³-hybridized carbons (Fsp3) is 0.188. The quantitative estimate of drug-likeness (QED) is 0.278. The zero-order valence-electron chi connectivity index (χ0n) is 21.6. The normalized spacial score (nSPS) is 19.1. The number of hydrogen-bond acceptors (Lipinski definition) is 6. The molecule has 0 bridgehead atoms. The smallest absolute Gasteiger partial charge is 0.338 e. The van der Waals surface area contributed by atoms with Gasteiger partial charge >= 0.3 is 5.97 Å². The lowest BCUT2D eigenvalue weighted by Crippen LogP contribution is -2.63. The predicted octanol–water partition coefficient (Wildman–Crippen LogP) is 5.19. The van der Waals surface area contributed by atoms with E-state index in [4.69, 9.17) is 18.9 Å². The van der Waals surface area contributed by atoms with Crippen molar-refractivity contribution < 1.29 is 28.5 Å². The van der Waals surface area contributed by atoms with Crippen LogP contribution in [0, 0.1) is 6.92 Å². The van der Waals surface area contributed by atoms with Gasteiger partial charge in [0.25, 0.3) is 5.91 Å². The molecule has 0 radical (unpaired) electrons. The lowest BCUT2D eigenvalue weighted by Gasteiger charge is -2.43. The van der Waals surface area contributed by atoms with Crippen molar-refractivity contribution in [3.8, 4) is 23.0 Å². The molecule has 4 aromatic rings. The predicted molar refractivity (Wildman–Crippen MR) is 145 cm³/mol. The fourth-order valence-corrected chi connectivity index (χ4v) is 5.33. The van der Waals surface area contributed by atoms with Gasteiger partial charge in [-0.2, -0.15) is 0 Å². The van der Waals surface area contributed by atoms with Gasteiger partial charge in [0.1, 0.15) is 11.5 Å². The number of amides is 1. The minimum Gasteiger partial charge on any atom is -0.497 e. The molecule has 0 aromatic heterocycles. The Hall–Kier alpha value is -4.78. The van der Waals surface area contributed by atoms with E-state index in [1.807, 2.05) is 79.7 Å². The number of carbonyl (C=O) groups is 2.